The van der Waals surface area contributed by atoms with E-state index < -0.39 is 16.6 Å². The summed E-state index contributed by atoms with van der Waals surface area (Å²) in [5.74, 6) is -1.78. The molecule has 0 heterocycles. The molecule has 0 saturated carbocycles. The lowest BCUT2D eigenvalue weighted by Crippen LogP contribution is -2.00. The predicted octanol–water partition coefficient (Wildman–Crippen LogP) is 4.87. The van der Waals surface area contributed by atoms with Crippen molar-refractivity contribution in [2.45, 2.75) is 6.61 Å². The highest BCUT2D eigenvalue weighted by Crippen LogP contribution is 2.31. The van der Waals surface area contributed by atoms with Gasteiger partial charge in [0.25, 0.3) is 5.69 Å². The number of ether oxygens (including phenoxy) is 1. The molecule has 2 aromatic carbocycles. The standard InChI is InChI=1S/C13H7BrClF2NO3/c14-9-4-8(16)5-11(17)13(9)21-6-7-1-2-10(15)12(3-7)18(19)20/h1-5H,6H2. The van der Waals surface area contributed by atoms with Gasteiger partial charge < -0.3 is 4.74 Å². The molecule has 2 aromatic rings. The second-order valence-corrected chi connectivity index (χ2v) is 5.29. The molecule has 110 valence electrons. The second kappa shape index (κ2) is 6.36. The Morgan fingerprint density at radius 1 is 1.29 bits per heavy atom. The third-order valence-electron chi connectivity index (χ3n) is 2.55. The molecule has 0 aliphatic rings. The second-order valence-electron chi connectivity index (χ2n) is 4.03. The Balaban J connectivity index is 2.21. The fraction of sp³-hybridized carbons (Fsp3) is 0.0769. The fourth-order valence-corrected chi connectivity index (χ4v) is 2.32. The number of halogens is 4. The van der Waals surface area contributed by atoms with Gasteiger partial charge >= 0.3 is 0 Å². The molecule has 0 amide bonds. The van der Waals surface area contributed by atoms with Crippen molar-refractivity contribution in [2.24, 2.45) is 0 Å². The minimum Gasteiger partial charge on any atom is -0.485 e. The molecule has 0 unspecified atom stereocenters. The summed E-state index contributed by atoms with van der Waals surface area (Å²) in [6, 6.07) is 5.85. The van der Waals surface area contributed by atoms with E-state index in [1.807, 2.05) is 0 Å². The molecule has 0 aliphatic heterocycles. The van der Waals surface area contributed by atoms with Crippen LogP contribution in [0.25, 0.3) is 0 Å². The molecule has 0 atom stereocenters. The average Bonchev–Trinajstić information content (AvgIpc) is 2.38. The van der Waals surface area contributed by atoms with E-state index in [1.165, 1.54) is 18.2 Å². The van der Waals surface area contributed by atoms with Crippen LogP contribution in [-0.4, -0.2) is 4.92 Å². The number of hydrogen-bond acceptors (Lipinski definition) is 3. The zero-order valence-corrected chi connectivity index (χ0v) is 12.6. The van der Waals surface area contributed by atoms with Crippen molar-refractivity contribution >= 4 is 33.2 Å². The van der Waals surface area contributed by atoms with Crippen molar-refractivity contribution < 1.29 is 18.4 Å². The third-order valence-corrected chi connectivity index (χ3v) is 3.46. The molecule has 0 spiro atoms. The molecular formula is C13H7BrClF2NO3. The summed E-state index contributed by atoms with van der Waals surface area (Å²) in [7, 11) is 0. The fourth-order valence-electron chi connectivity index (χ4n) is 1.61. The summed E-state index contributed by atoms with van der Waals surface area (Å²) in [6.45, 7) is -0.126. The molecule has 0 radical (unpaired) electrons. The van der Waals surface area contributed by atoms with Crippen LogP contribution in [0.3, 0.4) is 0 Å². The van der Waals surface area contributed by atoms with E-state index in [0.717, 1.165) is 6.07 Å². The van der Waals surface area contributed by atoms with Crippen molar-refractivity contribution in [3.8, 4) is 5.75 Å². The van der Waals surface area contributed by atoms with Gasteiger partial charge in [-0.1, -0.05) is 17.7 Å². The maximum absolute atomic E-state index is 13.6. The Kier molecular flexibility index (Phi) is 4.74. The highest BCUT2D eigenvalue weighted by Gasteiger charge is 2.15. The smallest absolute Gasteiger partial charge is 0.288 e. The van der Waals surface area contributed by atoms with Gasteiger partial charge in [0, 0.05) is 12.1 Å². The molecule has 0 N–H and O–H groups in total. The monoisotopic (exact) mass is 377 g/mol. The molecule has 0 bridgehead atoms. The van der Waals surface area contributed by atoms with Gasteiger partial charge in [-0.05, 0) is 33.6 Å². The van der Waals surface area contributed by atoms with E-state index in [1.54, 1.807) is 0 Å². The largest absolute Gasteiger partial charge is 0.485 e. The topological polar surface area (TPSA) is 52.4 Å². The Morgan fingerprint density at radius 3 is 2.62 bits per heavy atom. The first-order valence-corrected chi connectivity index (χ1v) is 6.75. The van der Waals surface area contributed by atoms with E-state index in [9.17, 15) is 18.9 Å². The summed E-state index contributed by atoms with van der Waals surface area (Å²) in [5, 5.41) is 10.8. The highest BCUT2D eigenvalue weighted by atomic mass is 79.9. The molecular weight excluding hydrogens is 372 g/mol. The molecule has 2 rings (SSSR count). The average molecular weight is 379 g/mol. The van der Waals surface area contributed by atoms with Crippen LogP contribution in [-0.2, 0) is 6.61 Å². The van der Waals surface area contributed by atoms with Gasteiger partial charge in [-0.15, -0.1) is 0 Å². The minimum absolute atomic E-state index is 0.00195. The zero-order chi connectivity index (χ0) is 15.6. The molecule has 4 nitrogen and oxygen atoms in total. The van der Waals surface area contributed by atoms with Crippen molar-refractivity contribution in [1.82, 2.24) is 0 Å². The number of nitrogens with zero attached hydrogens (tertiary/aromatic N) is 1. The number of benzene rings is 2. The summed E-state index contributed by atoms with van der Waals surface area (Å²) >= 11 is 8.67. The summed E-state index contributed by atoms with van der Waals surface area (Å²) in [5.41, 5.74) is 0.165. The summed E-state index contributed by atoms with van der Waals surface area (Å²) < 4.78 is 31.8. The first kappa shape index (κ1) is 15.7. The lowest BCUT2D eigenvalue weighted by Gasteiger charge is -2.09. The van der Waals surface area contributed by atoms with E-state index in [4.69, 9.17) is 16.3 Å². The molecule has 0 fully saturated rings. The number of rotatable bonds is 4. The van der Waals surface area contributed by atoms with Crippen LogP contribution in [0.15, 0.2) is 34.8 Å². The Morgan fingerprint density at radius 2 is 2.00 bits per heavy atom. The molecule has 0 aliphatic carbocycles. The lowest BCUT2D eigenvalue weighted by molar-refractivity contribution is -0.384. The Labute approximate surface area is 131 Å². The van der Waals surface area contributed by atoms with Crippen LogP contribution in [0, 0.1) is 21.7 Å². The number of hydrogen-bond donors (Lipinski definition) is 0. The maximum atomic E-state index is 13.6. The van der Waals surface area contributed by atoms with E-state index in [0.29, 0.717) is 11.6 Å². The Bertz CT molecular complexity index is 689. The normalized spacial score (nSPS) is 10.5. The molecule has 21 heavy (non-hydrogen) atoms. The van der Waals surface area contributed by atoms with Crippen molar-refractivity contribution in [3.05, 3.63) is 67.1 Å². The summed E-state index contributed by atoms with van der Waals surface area (Å²) in [6.07, 6.45) is 0. The van der Waals surface area contributed by atoms with Crippen LogP contribution < -0.4 is 4.74 Å². The van der Waals surface area contributed by atoms with E-state index in [-0.39, 0.29) is 27.5 Å². The first-order chi connectivity index (χ1) is 9.88. The van der Waals surface area contributed by atoms with Gasteiger partial charge in [0.05, 0.1) is 9.40 Å². The third kappa shape index (κ3) is 3.68. The van der Waals surface area contributed by atoms with Gasteiger partial charge in [0.15, 0.2) is 11.6 Å². The van der Waals surface area contributed by atoms with E-state index in [2.05, 4.69) is 15.9 Å². The van der Waals surface area contributed by atoms with Crippen molar-refractivity contribution in [2.75, 3.05) is 0 Å². The Hall–Kier alpha value is -1.73. The van der Waals surface area contributed by atoms with Crippen LogP contribution in [0.2, 0.25) is 5.02 Å². The number of nitro benzene ring substituents is 1. The van der Waals surface area contributed by atoms with Gasteiger partial charge in [0.1, 0.15) is 17.4 Å². The van der Waals surface area contributed by atoms with Gasteiger partial charge in [0.2, 0.25) is 0 Å². The highest BCUT2D eigenvalue weighted by molar-refractivity contribution is 9.10. The summed E-state index contributed by atoms with van der Waals surface area (Å²) in [4.78, 5) is 10.1. The van der Waals surface area contributed by atoms with E-state index >= 15 is 0 Å². The van der Waals surface area contributed by atoms with Gasteiger partial charge in [-0.3, -0.25) is 10.1 Å². The quantitative estimate of drug-likeness (QED) is 0.563. The van der Waals surface area contributed by atoms with Crippen LogP contribution in [0.4, 0.5) is 14.5 Å². The zero-order valence-electron chi connectivity index (χ0n) is 10.3. The van der Waals surface area contributed by atoms with Crippen LogP contribution in [0.5, 0.6) is 5.75 Å². The predicted molar refractivity (Wildman–Crippen MR) is 76.5 cm³/mol. The minimum atomic E-state index is -0.870. The molecule has 8 heteroatoms. The lowest BCUT2D eigenvalue weighted by atomic mass is 10.2. The van der Waals surface area contributed by atoms with Crippen molar-refractivity contribution in [1.29, 1.82) is 0 Å². The first-order valence-electron chi connectivity index (χ1n) is 5.58. The molecule has 0 saturated heterocycles. The van der Waals surface area contributed by atoms with Gasteiger partial charge in [-0.25, -0.2) is 8.78 Å². The van der Waals surface area contributed by atoms with Gasteiger partial charge in [-0.2, -0.15) is 0 Å². The SMILES string of the molecule is O=[N+]([O-])c1cc(COc2c(F)cc(F)cc2Br)ccc1Cl. The van der Waals surface area contributed by atoms with Crippen LogP contribution in [0.1, 0.15) is 5.56 Å². The molecule has 0 aromatic heterocycles. The number of nitro groups is 1. The van der Waals surface area contributed by atoms with Crippen LogP contribution >= 0.6 is 27.5 Å². The van der Waals surface area contributed by atoms with Crippen molar-refractivity contribution in [3.63, 3.8) is 0 Å². The maximum Gasteiger partial charge on any atom is 0.288 e.